The number of carbonyl (C=O) groups excluding carboxylic acids is 1. The van der Waals surface area contributed by atoms with Gasteiger partial charge in [0.2, 0.25) is 5.91 Å². The second-order valence-corrected chi connectivity index (χ2v) is 4.10. The summed E-state index contributed by atoms with van der Waals surface area (Å²) in [6.07, 6.45) is 2.76. The Labute approximate surface area is 98.8 Å². The molecule has 0 spiro atoms. The maximum Gasteiger partial charge on any atom is 0.236 e. The van der Waals surface area contributed by atoms with E-state index in [4.69, 9.17) is 5.73 Å². The number of aromatic nitrogens is 1. The molecule has 6 heteroatoms. The summed E-state index contributed by atoms with van der Waals surface area (Å²) in [7, 11) is 0. The number of amides is 1. The molecule has 1 aliphatic heterocycles. The zero-order valence-corrected chi connectivity index (χ0v) is 9.40. The minimum Gasteiger partial charge on any atom is -0.368 e. The molecule has 1 fully saturated rings. The highest BCUT2D eigenvalue weighted by molar-refractivity contribution is 5.80. The molecule has 0 saturated carbocycles. The van der Waals surface area contributed by atoms with E-state index in [2.05, 4.69) is 10.3 Å². The molecule has 2 rings (SSSR count). The van der Waals surface area contributed by atoms with Gasteiger partial charge in [-0.15, -0.1) is 0 Å². The molecule has 2 heterocycles. The van der Waals surface area contributed by atoms with Crippen LogP contribution in [0.2, 0.25) is 0 Å². The Balaban J connectivity index is 2.08. The molecule has 5 nitrogen and oxygen atoms in total. The van der Waals surface area contributed by atoms with Crippen molar-refractivity contribution in [2.24, 2.45) is 5.73 Å². The highest BCUT2D eigenvalue weighted by atomic mass is 19.1. The summed E-state index contributed by atoms with van der Waals surface area (Å²) in [4.78, 5) is 17.0. The average molecular weight is 238 g/mol. The first-order valence-electron chi connectivity index (χ1n) is 5.50. The van der Waals surface area contributed by atoms with E-state index in [1.165, 1.54) is 6.07 Å². The number of hydrogen-bond donors (Lipinski definition) is 2. The summed E-state index contributed by atoms with van der Waals surface area (Å²) in [5.74, 6) is -0.727. The van der Waals surface area contributed by atoms with Gasteiger partial charge in [0.05, 0.1) is 6.20 Å². The summed E-state index contributed by atoms with van der Waals surface area (Å²) in [5, 5.41) is 3.11. The molecule has 1 aliphatic rings. The molecule has 0 aliphatic carbocycles. The number of nitrogens with zero attached hydrogens (tertiary/aromatic N) is 2. The first-order valence-corrected chi connectivity index (χ1v) is 5.50. The fourth-order valence-corrected chi connectivity index (χ4v) is 1.99. The molecule has 1 atom stereocenters. The van der Waals surface area contributed by atoms with Gasteiger partial charge in [-0.2, -0.15) is 0 Å². The molecule has 92 valence electrons. The van der Waals surface area contributed by atoms with Crippen LogP contribution < -0.4 is 11.1 Å². The number of hydrogen-bond acceptors (Lipinski definition) is 4. The molecule has 1 aromatic heterocycles. The SMILES string of the molecule is NC(=O)C1CNCCN1Cc1cncc(F)c1. The third-order valence-electron chi connectivity index (χ3n) is 2.83. The monoisotopic (exact) mass is 238 g/mol. The number of primary amides is 1. The van der Waals surface area contributed by atoms with Gasteiger partial charge in [-0.3, -0.25) is 14.7 Å². The maximum atomic E-state index is 13.0. The number of piperazine rings is 1. The smallest absolute Gasteiger partial charge is 0.236 e. The van der Waals surface area contributed by atoms with Crippen molar-refractivity contribution >= 4 is 5.91 Å². The van der Waals surface area contributed by atoms with Crippen molar-refractivity contribution in [3.8, 4) is 0 Å². The summed E-state index contributed by atoms with van der Waals surface area (Å²) in [6, 6.07) is 1.08. The van der Waals surface area contributed by atoms with Gasteiger partial charge in [0.1, 0.15) is 11.9 Å². The Bertz CT molecular complexity index is 412. The molecule has 17 heavy (non-hydrogen) atoms. The lowest BCUT2D eigenvalue weighted by molar-refractivity contribution is -0.124. The normalized spacial score (nSPS) is 21.4. The van der Waals surface area contributed by atoms with Crippen LogP contribution in [0.1, 0.15) is 5.56 Å². The van der Waals surface area contributed by atoms with Gasteiger partial charge in [0.25, 0.3) is 0 Å². The van der Waals surface area contributed by atoms with Crippen molar-refractivity contribution in [3.63, 3.8) is 0 Å². The third kappa shape index (κ3) is 2.98. The summed E-state index contributed by atoms with van der Waals surface area (Å²) in [6.45, 7) is 2.54. The van der Waals surface area contributed by atoms with E-state index in [0.717, 1.165) is 18.3 Å². The summed E-state index contributed by atoms with van der Waals surface area (Å²) in [5.41, 5.74) is 6.08. The molecule has 0 aromatic carbocycles. The Kier molecular flexibility index (Phi) is 3.65. The van der Waals surface area contributed by atoms with Crippen molar-refractivity contribution < 1.29 is 9.18 Å². The largest absolute Gasteiger partial charge is 0.368 e. The van der Waals surface area contributed by atoms with Gasteiger partial charge in [-0.05, 0) is 11.6 Å². The summed E-state index contributed by atoms with van der Waals surface area (Å²) < 4.78 is 13.0. The highest BCUT2D eigenvalue weighted by Crippen LogP contribution is 2.10. The number of nitrogens with two attached hydrogens (primary N) is 1. The number of carbonyl (C=O) groups is 1. The molecular weight excluding hydrogens is 223 g/mol. The van der Waals surface area contributed by atoms with Crippen molar-refractivity contribution in [2.45, 2.75) is 12.6 Å². The second kappa shape index (κ2) is 5.20. The Hall–Kier alpha value is -1.53. The van der Waals surface area contributed by atoms with Crippen LogP contribution in [0.25, 0.3) is 0 Å². The maximum absolute atomic E-state index is 13.0. The summed E-state index contributed by atoms with van der Waals surface area (Å²) >= 11 is 0. The lowest BCUT2D eigenvalue weighted by Gasteiger charge is -2.33. The van der Waals surface area contributed by atoms with Gasteiger partial charge >= 0.3 is 0 Å². The van der Waals surface area contributed by atoms with Crippen LogP contribution in [-0.4, -0.2) is 41.5 Å². The quantitative estimate of drug-likeness (QED) is 0.743. The molecule has 0 bridgehead atoms. The molecule has 1 saturated heterocycles. The number of halogens is 1. The lowest BCUT2D eigenvalue weighted by Crippen LogP contribution is -2.56. The van der Waals surface area contributed by atoms with Crippen LogP contribution in [0.15, 0.2) is 18.5 Å². The zero-order chi connectivity index (χ0) is 12.3. The highest BCUT2D eigenvalue weighted by Gasteiger charge is 2.26. The van der Waals surface area contributed by atoms with Crippen LogP contribution in [0.4, 0.5) is 4.39 Å². The van der Waals surface area contributed by atoms with Gasteiger partial charge in [0.15, 0.2) is 0 Å². The second-order valence-electron chi connectivity index (χ2n) is 4.10. The minimum absolute atomic E-state index is 0.341. The molecule has 3 N–H and O–H groups in total. The van der Waals surface area contributed by atoms with E-state index in [9.17, 15) is 9.18 Å². The van der Waals surface area contributed by atoms with E-state index in [1.807, 2.05) is 4.90 Å². The standard InChI is InChI=1S/C11H15FN4O/c12-9-3-8(4-15-5-9)7-16-2-1-14-6-10(16)11(13)17/h3-5,10,14H,1-2,6-7H2,(H2,13,17). The van der Waals surface area contributed by atoms with Gasteiger partial charge < -0.3 is 11.1 Å². The lowest BCUT2D eigenvalue weighted by atomic mass is 10.1. The van der Waals surface area contributed by atoms with Crippen molar-refractivity contribution in [2.75, 3.05) is 19.6 Å². The molecule has 1 aromatic rings. The minimum atomic E-state index is -0.367. The van der Waals surface area contributed by atoms with E-state index in [-0.39, 0.29) is 17.8 Å². The first kappa shape index (κ1) is 11.9. The van der Waals surface area contributed by atoms with E-state index < -0.39 is 0 Å². The zero-order valence-electron chi connectivity index (χ0n) is 9.40. The van der Waals surface area contributed by atoms with Crippen LogP contribution in [0.3, 0.4) is 0 Å². The first-order chi connectivity index (χ1) is 8.16. The van der Waals surface area contributed by atoms with Gasteiger partial charge in [-0.25, -0.2) is 4.39 Å². The fraction of sp³-hybridized carbons (Fsp3) is 0.455. The molecule has 0 radical (unpaired) electrons. The van der Waals surface area contributed by atoms with Gasteiger partial charge in [-0.1, -0.05) is 0 Å². The van der Waals surface area contributed by atoms with Crippen LogP contribution in [0.5, 0.6) is 0 Å². The Morgan fingerprint density at radius 1 is 1.65 bits per heavy atom. The molecule has 1 unspecified atom stereocenters. The molecule has 1 amide bonds. The van der Waals surface area contributed by atoms with Crippen LogP contribution in [-0.2, 0) is 11.3 Å². The van der Waals surface area contributed by atoms with E-state index in [0.29, 0.717) is 19.6 Å². The van der Waals surface area contributed by atoms with Crippen LogP contribution in [0, 0.1) is 5.82 Å². The van der Waals surface area contributed by atoms with E-state index >= 15 is 0 Å². The molecular formula is C11H15FN4O. The Morgan fingerprint density at radius 3 is 3.18 bits per heavy atom. The predicted octanol–water partition coefficient (Wildman–Crippen LogP) is -0.520. The Morgan fingerprint density at radius 2 is 2.47 bits per heavy atom. The number of pyridine rings is 1. The average Bonchev–Trinajstić information content (AvgIpc) is 2.29. The van der Waals surface area contributed by atoms with Crippen molar-refractivity contribution in [3.05, 3.63) is 29.8 Å². The van der Waals surface area contributed by atoms with Crippen molar-refractivity contribution in [1.29, 1.82) is 0 Å². The number of nitrogens with one attached hydrogen (secondary N) is 1. The van der Waals surface area contributed by atoms with Gasteiger partial charge in [0, 0.05) is 32.4 Å². The topological polar surface area (TPSA) is 71.2 Å². The fourth-order valence-electron chi connectivity index (χ4n) is 1.99. The van der Waals surface area contributed by atoms with E-state index in [1.54, 1.807) is 6.20 Å². The third-order valence-corrected chi connectivity index (χ3v) is 2.83. The number of rotatable bonds is 3. The van der Waals surface area contributed by atoms with Crippen molar-refractivity contribution in [1.82, 2.24) is 15.2 Å². The predicted molar refractivity (Wildman–Crippen MR) is 60.5 cm³/mol. The van der Waals surface area contributed by atoms with Crippen LogP contribution >= 0.6 is 0 Å².